The van der Waals surface area contributed by atoms with E-state index in [2.05, 4.69) is 15.5 Å². The van der Waals surface area contributed by atoms with E-state index in [-0.39, 0.29) is 0 Å². The fourth-order valence-electron chi connectivity index (χ4n) is 1.40. The fourth-order valence-corrected chi connectivity index (χ4v) is 1.53. The number of ether oxygens (including phenoxy) is 1. The molecule has 2 aromatic rings. The highest BCUT2D eigenvalue weighted by molar-refractivity contribution is 6.30. The topological polar surface area (TPSA) is 60.2 Å². The first-order valence-corrected chi connectivity index (χ1v) is 5.95. The highest BCUT2D eigenvalue weighted by Gasteiger charge is 2.07. The van der Waals surface area contributed by atoms with Gasteiger partial charge in [-0.1, -0.05) is 11.6 Å². The molecule has 0 bridgehead atoms. The van der Waals surface area contributed by atoms with E-state index in [9.17, 15) is 0 Å². The molecular formula is C12H14ClN3O2. The second kappa shape index (κ2) is 6.49. The van der Waals surface area contributed by atoms with Crippen molar-refractivity contribution < 1.29 is 9.15 Å². The lowest BCUT2D eigenvalue weighted by molar-refractivity contribution is 0.198. The van der Waals surface area contributed by atoms with Crippen LogP contribution in [0.2, 0.25) is 5.02 Å². The quantitative estimate of drug-likeness (QED) is 0.813. The van der Waals surface area contributed by atoms with E-state index in [0.29, 0.717) is 30.0 Å². The van der Waals surface area contributed by atoms with Gasteiger partial charge in [-0.05, 0) is 24.3 Å². The Morgan fingerprint density at radius 3 is 2.78 bits per heavy atom. The summed E-state index contributed by atoms with van der Waals surface area (Å²) in [5.41, 5.74) is 0.857. The first-order chi connectivity index (χ1) is 8.79. The number of hydrogen-bond acceptors (Lipinski definition) is 5. The number of methoxy groups -OCH3 is 1. The van der Waals surface area contributed by atoms with E-state index in [1.54, 1.807) is 19.2 Å². The minimum absolute atomic E-state index is 0.496. The molecule has 2 rings (SSSR count). The predicted molar refractivity (Wildman–Crippen MR) is 68.3 cm³/mol. The summed E-state index contributed by atoms with van der Waals surface area (Å²) < 4.78 is 10.4. The van der Waals surface area contributed by atoms with Gasteiger partial charge in [0.05, 0.1) is 13.2 Å². The molecule has 0 fully saturated rings. The zero-order chi connectivity index (χ0) is 12.8. The number of aromatic nitrogens is 2. The van der Waals surface area contributed by atoms with Crippen molar-refractivity contribution in [2.24, 2.45) is 0 Å². The van der Waals surface area contributed by atoms with E-state index in [1.165, 1.54) is 0 Å². The van der Waals surface area contributed by atoms with Crippen LogP contribution in [0.3, 0.4) is 0 Å². The third-order valence-electron chi connectivity index (χ3n) is 2.32. The molecule has 1 N–H and O–H groups in total. The molecule has 0 amide bonds. The largest absolute Gasteiger partial charge is 0.419 e. The van der Waals surface area contributed by atoms with Gasteiger partial charge in [-0.15, -0.1) is 10.2 Å². The van der Waals surface area contributed by atoms with Crippen LogP contribution in [0.5, 0.6) is 0 Å². The molecule has 0 unspecified atom stereocenters. The van der Waals surface area contributed by atoms with Crippen LogP contribution in [0, 0.1) is 0 Å². The number of nitrogens with zero attached hydrogens (tertiary/aromatic N) is 2. The molecule has 0 aliphatic carbocycles. The first kappa shape index (κ1) is 13.0. The number of hydrogen-bond donors (Lipinski definition) is 1. The molecule has 1 heterocycles. The van der Waals surface area contributed by atoms with Gasteiger partial charge in [0.25, 0.3) is 0 Å². The van der Waals surface area contributed by atoms with Gasteiger partial charge < -0.3 is 14.5 Å². The Morgan fingerprint density at radius 2 is 2.06 bits per heavy atom. The van der Waals surface area contributed by atoms with Crippen LogP contribution in [0.15, 0.2) is 28.7 Å². The number of rotatable bonds is 6. The van der Waals surface area contributed by atoms with E-state index >= 15 is 0 Å². The van der Waals surface area contributed by atoms with Crippen molar-refractivity contribution in [2.75, 3.05) is 20.3 Å². The summed E-state index contributed by atoms with van der Waals surface area (Å²) in [6.07, 6.45) is 0. The summed E-state index contributed by atoms with van der Waals surface area (Å²) in [6, 6.07) is 7.27. The van der Waals surface area contributed by atoms with Crippen LogP contribution in [-0.4, -0.2) is 30.5 Å². The van der Waals surface area contributed by atoms with Crippen molar-refractivity contribution in [3.63, 3.8) is 0 Å². The summed E-state index contributed by atoms with van der Waals surface area (Å²) in [5, 5.41) is 11.8. The lowest BCUT2D eigenvalue weighted by Crippen LogP contribution is -2.18. The Balaban J connectivity index is 1.95. The molecule has 0 saturated heterocycles. The first-order valence-electron chi connectivity index (χ1n) is 5.57. The average Bonchev–Trinajstić information content (AvgIpc) is 2.84. The van der Waals surface area contributed by atoms with Crippen molar-refractivity contribution in [2.45, 2.75) is 6.54 Å². The summed E-state index contributed by atoms with van der Waals surface area (Å²) in [7, 11) is 1.66. The molecule has 1 aromatic heterocycles. The van der Waals surface area contributed by atoms with E-state index in [1.807, 2.05) is 12.1 Å². The molecule has 0 atom stereocenters. The van der Waals surface area contributed by atoms with Gasteiger partial charge in [-0.25, -0.2) is 0 Å². The van der Waals surface area contributed by atoms with Gasteiger partial charge in [-0.3, -0.25) is 0 Å². The Kier molecular flexibility index (Phi) is 4.69. The molecule has 0 spiro atoms. The van der Waals surface area contributed by atoms with Crippen molar-refractivity contribution >= 4 is 11.6 Å². The van der Waals surface area contributed by atoms with Crippen molar-refractivity contribution in [1.82, 2.24) is 15.5 Å². The van der Waals surface area contributed by atoms with Crippen LogP contribution in [0.25, 0.3) is 11.5 Å². The van der Waals surface area contributed by atoms with Gasteiger partial charge in [0.1, 0.15) is 0 Å². The molecule has 6 heteroatoms. The van der Waals surface area contributed by atoms with Gasteiger partial charge in [0.2, 0.25) is 11.8 Å². The monoisotopic (exact) mass is 267 g/mol. The summed E-state index contributed by atoms with van der Waals surface area (Å²) >= 11 is 5.81. The third-order valence-corrected chi connectivity index (χ3v) is 2.57. The summed E-state index contributed by atoms with van der Waals surface area (Å²) in [6.45, 7) is 1.93. The second-order valence-corrected chi connectivity index (χ2v) is 4.11. The van der Waals surface area contributed by atoms with E-state index < -0.39 is 0 Å². The number of nitrogens with one attached hydrogen (secondary N) is 1. The van der Waals surface area contributed by atoms with Gasteiger partial charge in [-0.2, -0.15) is 0 Å². The molecular weight excluding hydrogens is 254 g/mol. The maximum Gasteiger partial charge on any atom is 0.247 e. The van der Waals surface area contributed by atoms with Crippen molar-refractivity contribution in [3.05, 3.63) is 35.2 Å². The second-order valence-electron chi connectivity index (χ2n) is 3.68. The van der Waals surface area contributed by atoms with Crippen LogP contribution in [-0.2, 0) is 11.3 Å². The Morgan fingerprint density at radius 1 is 1.28 bits per heavy atom. The fraction of sp³-hybridized carbons (Fsp3) is 0.333. The lowest BCUT2D eigenvalue weighted by atomic mass is 10.2. The molecule has 0 saturated carbocycles. The van der Waals surface area contributed by atoms with E-state index in [0.717, 1.165) is 12.1 Å². The third kappa shape index (κ3) is 3.53. The maximum absolute atomic E-state index is 5.81. The minimum Gasteiger partial charge on any atom is -0.419 e. The standard InChI is InChI=1S/C12H14ClN3O2/c1-17-7-6-14-8-11-15-16-12(18-11)9-2-4-10(13)5-3-9/h2-5,14H,6-8H2,1H3. The Labute approximate surface area is 110 Å². The van der Waals surface area contributed by atoms with Gasteiger partial charge in [0, 0.05) is 24.2 Å². The summed E-state index contributed by atoms with van der Waals surface area (Å²) in [4.78, 5) is 0. The van der Waals surface area contributed by atoms with Crippen LogP contribution >= 0.6 is 11.6 Å². The smallest absolute Gasteiger partial charge is 0.247 e. The minimum atomic E-state index is 0.496. The number of halogens is 1. The van der Waals surface area contributed by atoms with Gasteiger partial charge >= 0.3 is 0 Å². The van der Waals surface area contributed by atoms with E-state index in [4.69, 9.17) is 20.8 Å². The molecule has 96 valence electrons. The normalized spacial score (nSPS) is 10.8. The van der Waals surface area contributed by atoms with Crippen LogP contribution < -0.4 is 5.32 Å². The number of benzene rings is 1. The zero-order valence-corrected chi connectivity index (χ0v) is 10.8. The van der Waals surface area contributed by atoms with Crippen LogP contribution in [0.1, 0.15) is 5.89 Å². The molecule has 0 aliphatic rings. The Hall–Kier alpha value is -1.43. The highest BCUT2D eigenvalue weighted by Crippen LogP contribution is 2.19. The lowest BCUT2D eigenvalue weighted by Gasteiger charge is -1.99. The molecule has 1 aromatic carbocycles. The van der Waals surface area contributed by atoms with Crippen molar-refractivity contribution in [1.29, 1.82) is 0 Å². The molecule has 0 aliphatic heterocycles. The summed E-state index contributed by atoms with van der Waals surface area (Å²) in [5.74, 6) is 1.05. The van der Waals surface area contributed by atoms with Gasteiger partial charge in [0.15, 0.2) is 0 Å². The zero-order valence-electron chi connectivity index (χ0n) is 10.0. The SMILES string of the molecule is COCCNCc1nnc(-c2ccc(Cl)cc2)o1. The molecule has 18 heavy (non-hydrogen) atoms. The highest BCUT2D eigenvalue weighted by atomic mass is 35.5. The average molecular weight is 268 g/mol. The van der Waals surface area contributed by atoms with Crippen molar-refractivity contribution in [3.8, 4) is 11.5 Å². The maximum atomic E-state index is 5.81. The van der Waals surface area contributed by atoms with Crippen LogP contribution in [0.4, 0.5) is 0 Å². The Bertz CT molecular complexity index is 484. The molecule has 0 radical (unpaired) electrons. The predicted octanol–water partition coefficient (Wildman–Crippen LogP) is 2.13. The molecule has 5 nitrogen and oxygen atoms in total.